The van der Waals surface area contributed by atoms with Crippen LogP contribution in [0.15, 0.2) is 36.5 Å². The van der Waals surface area contributed by atoms with Gasteiger partial charge < -0.3 is 14.8 Å². The fourth-order valence-corrected chi connectivity index (χ4v) is 3.56. The molecule has 1 fully saturated rings. The summed E-state index contributed by atoms with van der Waals surface area (Å²) in [5, 5.41) is 4.20. The number of halogens is 1. The van der Waals surface area contributed by atoms with E-state index >= 15 is 0 Å². The third-order valence-electron chi connectivity index (χ3n) is 4.94. The number of aromatic nitrogens is 1. The second-order valence-corrected chi connectivity index (χ2v) is 7.45. The number of nitrogens with one attached hydrogen (secondary N) is 1. The van der Waals surface area contributed by atoms with Crippen LogP contribution in [0, 0.1) is 0 Å². The molecule has 3 rings (SSSR count). The van der Waals surface area contributed by atoms with Crippen molar-refractivity contribution in [2.45, 2.75) is 64.6 Å². The van der Waals surface area contributed by atoms with Crippen molar-refractivity contribution < 1.29 is 9.47 Å². The molecule has 5 heteroatoms. The second-order valence-electron chi connectivity index (χ2n) is 7.06. The molecule has 1 heterocycles. The summed E-state index contributed by atoms with van der Waals surface area (Å²) < 4.78 is 11.8. The molecule has 2 aromatic rings. The summed E-state index contributed by atoms with van der Waals surface area (Å²) >= 11 is 5.83. The number of hydrogen-bond donors (Lipinski definition) is 1. The van der Waals surface area contributed by atoms with Crippen molar-refractivity contribution in [3.63, 3.8) is 0 Å². The predicted octanol–water partition coefficient (Wildman–Crippen LogP) is 5.53. The van der Waals surface area contributed by atoms with E-state index in [0.29, 0.717) is 24.4 Å². The van der Waals surface area contributed by atoms with Crippen molar-refractivity contribution in [3.05, 3.63) is 52.8 Å². The molecule has 146 valence electrons. The van der Waals surface area contributed by atoms with Gasteiger partial charge in [0, 0.05) is 24.3 Å². The van der Waals surface area contributed by atoms with Gasteiger partial charge in [-0.1, -0.05) is 49.4 Å². The zero-order valence-corrected chi connectivity index (χ0v) is 16.8. The van der Waals surface area contributed by atoms with Gasteiger partial charge in [-0.05, 0) is 43.5 Å². The molecule has 1 aliphatic carbocycles. The van der Waals surface area contributed by atoms with Gasteiger partial charge in [-0.2, -0.15) is 0 Å². The van der Waals surface area contributed by atoms with Gasteiger partial charge in [0.25, 0.3) is 0 Å². The summed E-state index contributed by atoms with van der Waals surface area (Å²) in [6.45, 7) is 3.90. The van der Waals surface area contributed by atoms with Crippen LogP contribution in [0.1, 0.15) is 56.6 Å². The molecule has 0 atom stereocenters. The number of pyridine rings is 1. The Balaban J connectivity index is 1.60. The van der Waals surface area contributed by atoms with E-state index < -0.39 is 0 Å². The maximum Gasteiger partial charge on any atom is 0.161 e. The van der Waals surface area contributed by atoms with Gasteiger partial charge >= 0.3 is 0 Å². The molecule has 0 unspecified atom stereocenters. The van der Waals surface area contributed by atoms with E-state index in [9.17, 15) is 0 Å². The Kier molecular flexibility index (Phi) is 7.79. The first kappa shape index (κ1) is 20.0. The summed E-state index contributed by atoms with van der Waals surface area (Å²) in [7, 11) is 0. The van der Waals surface area contributed by atoms with Crippen LogP contribution in [0.5, 0.6) is 11.5 Å². The lowest BCUT2D eigenvalue weighted by atomic mass is 10.1. The summed E-state index contributed by atoms with van der Waals surface area (Å²) in [6, 6.07) is 10.5. The molecule has 1 N–H and O–H groups in total. The van der Waals surface area contributed by atoms with E-state index in [1.165, 1.54) is 44.1 Å². The van der Waals surface area contributed by atoms with Gasteiger partial charge in [-0.25, -0.2) is 4.98 Å². The molecule has 0 aliphatic heterocycles. The SMILES string of the molecule is CCOc1cc(CNC2CCCCCC2)ccc1OCc1ccc(Cl)nc1. The number of hydrogen-bond acceptors (Lipinski definition) is 4. The topological polar surface area (TPSA) is 43.4 Å². The third kappa shape index (κ3) is 6.40. The zero-order valence-electron chi connectivity index (χ0n) is 16.0. The predicted molar refractivity (Wildman–Crippen MR) is 110 cm³/mol. The molecule has 0 saturated heterocycles. The minimum absolute atomic E-state index is 0.434. The van der Waals surface area contributed by atoms with E-state index in [0.717, 1.165) is 23.6 Å². The fourth-order valence-electron chi connectivity index (χ4n) is 3.45. The molecule has 0 spiro atoms. The largest absolute Gasteiger partial charge is 0.490 e. The maximum absolute atomic E-state index is 5.95. The quantitative estimate of drug-likeness (QED) is 0.477. The van der Waals surface area contributed by atoms with Crippen LogP contribution in [-0.4, -0.2) is 17.6 Å². The highest BCUT2D eigenvalue weighted by molar-refractivity contribution is 6.29. The summed E-state index contributed by atoms with van der Waals surface area (Å²) in [5.74, 6) is 1.55. The second kappa shape index (κ2) is 10.5. The number of benzene rings is 1. The van der Waals surface area contributed by atoms with E-state index in [2.05, 4.69) is 22.4 Å². The number of rotatable bonds is 8. The van der Waals surface area contributed by atoms with Crippen LogP contribution in [0.4, 0.5) is 0 Å². The van der Waals surface area contributed by atoms with Gasteiger partial charge in [-0.3, -0.25) is 0 Å². The maximum atomic E-state index is 5.95. The molecule has 1 aromatic carbocycles. The molecule has 1 saturated carbocycles. The lowest BCUT2D eigenvalue weighted by Crippen LogP contribution is -2.27. The highest BCUT2D eigenvalue weighted by atomic mass is 35.5. The Morgan fingerprint density at radius 1 is 1.00 bits per heavy atom. The van der Waals surface area contributed by atoms with Crippen LogP contribution in [0.25, 0.3) is 0 Å². The normalized spacial score (nSPS) is 15.3. The van der Waals surface area contributed by atoms with Crippen LogP contribution in [0.2, 0.25) is 5.15 Å². The number of ether oxygens (including phenoxy) is 2. The Morgan fingerprint density at radius 2 is 1.78 bits per heavy atom. The van der Waals surface area contributed by atoms with Crippen molar-refractivity contribution in [2.75, 3.05) is 6.61 Å². The molecule has 1 aliphatic rings. The highest BCUT2D eigenvalue weighted by Gasteiger charge is 2.12. The molecular formula is C22H29ClN2O2. The molecule has 0 amide bonds. The van der Waals surface area contributed by atoms with Gasteiger partial charge in [-0.15, -0.1) is 0 Å². The zero-order chi connectivity index (χ0) is 18.9. The molecule has 4 nitrogen and oxygen atoms in total. The Bertz CT molecular complexity index is 698. The Hall–Kier alpha value is -1.78. The molecule has 1 aromatic heterocycles. The molecular weight excluding hydrogens is 360 g/mol. The van der Waals surface area contributed by atoms with Crippen molar-refractivity contribution in [2.24, 2.45) is 0 Å². The number of nitrogens with zero attached hydrogens (tertiary/aromatic N) is 1. The van der Waals surface area contributed by atoms with E-state index in [-0.39, 0.29) is 0 Å². The first-order valence-corrected chi connectivity index (χ1v) is 10.3. The summed E-state index contributed by atoms with van der Waals surface area (Å²) in [5.41, 5.74) is 2.20. The smallest absolute Gasteiger partial charge is 0.161 e. The van der Waals surface area contributed by atoms with Gasteiger partial charge in [0.2, 0.25) is 0 Å². The molecule has 27 heavy (non-hydrogen) atoms. The monoisotopic (exact) mass is 388 g/mol. The van der Waals surface area contributed by atoms with E-state index in [1.54, 1.807) is 12.3 Å². The van der Waals surface area contributed by atoms with Crippen molar-refractivity contribution in [3.8, 4) is 11.5 Å². The summed E-state index contributed by atoms with van der Waals surface area (Å²) in [6.07, 6.45) is 9.74. The first-order chi connectivity index (χ1) is 13.2. The molecule has 0 bridgehead atoms. The van der Waals surface area contributed by atoms with Crippen LogP contribution in [-0.2, 0) is 13.2 Å². The lowest BCUT2D eigenvalue weighted by molar-refractivity contribution is 0.268. The average Bonchev–Trinajstić information content (AvgIpc) is 2.96. The Morgan fingerprint density at radius 3 is 2.48 bits per heavy atom. The molecule has 0 radical (unpaired) electrons. The lowest BCUT2D eigenvalue weighted by Gasteiger charge is -2.17. The van der Waals surface area contributed by atoms with Gasteiger partial charge in [0.1, 0.15) is 11.8 Å². The highest BCUT2D eigenvalue weighted by Crippen LogP contribution is 2.29. The van der Waals surface area contributed by atoms with Crippen molar-refractivity contribution >= 4 is 11.6 Å². The van der Waals surface area contributed by atoms with Crippen LogP contribution >= 0.6 is 11.6 Å². The first-order valence-electron chi connectivity index (χ1n) is 9.97. The third-order valence-corrected chi connectivity index (χ3v) is 5.16. The minimum Gasteiger partial charge on any atom is -0.490 e. The van der Waals surface area contributed by atoms with E-state index in [1.807, 2.05) is 19.1 Å². The average molecular weight is 389 g/mol. The standard InChI is InChI=1S/C22H29ClN2O2/c1-2-26-21-13-17(14-24-19-7-5-3-4-6-8-19)9-11-20(21)27-16-18-10-12-22(23)25-15-18/h9-13,15,19,24H,2-8,14,16H2,1H3. The van der Waals surface area contributed by atoms with E-state index in [4.69, 9.17) is 21.1 Å². The fraction of sp³-hybridized carbons (Fsp3) is 0.500. The Labute approximate surface area is 167 Å². The summed E-state index contributed by atoms with van der Waals surface area (Å²) in [4.78, 5) is 4.09. The van der Waals surface area contributed by atoms with Crippen molar-refractivity contribution in [1.82, 2.24) is 10.3 Å². The van der Waals surface area contributed by atoms with Crippen LogP contribution in [0.3, 0.4) is 0 Å². The minimum atomic E-state index is 0.434. The van der Waals surface area contributed by atoms with Crippen molar-refractivity contribution in [1.29, 1.82) is 0 Å². The van der Waals surface area contributed by atoms with Gasteiger partial charge in [0.15, 0.2) is 11.5 Å². The van der Waals surface area contributed by atoms with Crippen LogP contribution < -0.4 is 14.8 Å². The van der Waals surface area contributed by atoms with Gasteiger partial charge in [0.05, 0.1) is 6.61 Å².